The normalized spacial score (nSPS) is 17.9. The lowest BCUT2D eigenvalue weighted by Crippen LogP contribution is -2.45. The lowest BCUT2D eigenvalue weighted by atomic mass is 9.73. The lowest BCUT2D eigenvalue weighted by molar-refractivity contribution is 0.186. The number of benzene rings is 1. The number of pyridine rings is 1. The number of rotatable bonds is 4. The van der Waals surface area contributed by atoms with Crippen molar-refractivity contribution < 1.29 is 0 Å². The Morgan fingerprint density at radius 2 is 1.98 bits per heavy atom. The van der Waals surface area contributed by atoms with Crippen LogP contribution in [0.25, 0.3) is 5.65 Å². The Bertz CT molecular complexity index is 1640. The van der Waals surface area contributed by atoms with Crippen LogP contribution in [0.4, 0.5) is 11.8 Å². The number of nitrogen functional groups attached to an aromatic ring is 1. The van der Waals surface area contributed by atoms with Gasteiger partial charge in [-0.3, -0.25) is 9.30 Å². The van der Waals surface area contributed by atoms with Crippen molar-refractivity contribution in [1.29, 1.82) is 0 Å². The molecular formula is C30H33ClN8S. The van der Waals surface area contributed by atoms with Gasteiger partial charge >= 0.3 is 0 Å². The topological polar surface area (TPSA) is 102 Å². The van der Waals surface area contributed by atoms with Crippen LogP contribution in [-0.4, -0.2) is 58.0 Å². The summed E-state index contributed by atoms with van der Waals surface area (Å²) < 4.78 is 2.08. The summed E-state index contributed by atoms with van der Waals surface area (Å²) in [7, 11) is 4.06. The van der Waals surface area contributed by atoms with Gasteiger partial charge in [-0.25, -0.2) is 15.0 Å². The number of nitrogens with zero attached hydrogens (tertiary/aromatic N) is 6. The first-order valence-electron chi connectivity index (χ1n) is 13.4. The van der Waals surface area contributed by atoms with Crippen LogP contribution in [0, 0.1) is 24.2 Å². The highest BCUT2D eigenvalue weighted by molar-refractivity contribution is 7.99. The molecule has 4 N–H and O–H groups in total. The zero-order chi connectivity index (χ0) is 28.0. The number of hydrogen-bond donors (Lipinski definition) is 2. The van der Waals surface area contributed by atoms with Crippen LogP contribution in [-0.2, 0) is 6.42 Å². The van der Waals surface area contributed by atoms with Gasteiger partial charge in [0.25, 0.3) is 0 Å². The van der Waals surface area contributed by atoms with Crippen molar-refractivity contribution in [2.24, 2.45) is 11.1 Å². The second-order valence-electron chi connectivity index (χ2n) is 11.0. The second kappa shape index (κ2) is 10.6. The van der Waals surface area contributed by atoms with E-state index in [-0.39, 0.29) is 11.5 Å². The Balaban J connectivity index is 1.22. The van der Waals surface area contributed by atoms with E-state index in [2.05, 4.69) is 54.2 Å². The molecule has 4 heterocycles. The maximum absolute atomic E-state index is 6.97. The number of piperidine rings is 1. The third-order valence-electron chi connectivity index (χ3n) is 8.10. The fraction of sp³-hybridized carbons (Fsp3) is 0.367. The smallest absolute Gasteiger partial charge is 0.211 e. The molecule has 40 heavy (non-hydrogen) atoms. The number of nitrogens with two attached hydrogens (primary N) is 2. The van der Waals surface area contributed by atoms with Crippen molar-refractivity contribution in [2.75, 3.05) is 44.4 Å². The molecule has 4 aromatic rings. The number of imidazole rings is 1. The van der Waals surface area contributed by atoms with Gasteiger partial charge in [-0.05, 0) is 75.0 Å². The first kappa shape index (κ1) is 26.9. The highest BCUT2D eigenvalue weighted by Gasteiger charge is 2.46. The van der Waals surface area contributed by atoms with Gasteiger partial charge in [0.05, 0.1) is 22.2 Å². The summed E-state index contributed by atoms with van der Waals surface area (Å²) in [5.41, 5.74) is 18.4. The number of aryl methyl sites for hydroxylation is 1. The summed E-state index contributed by atoms with van der Waals surface area (Å²) in [6.07, 6.45) is 8.48. The maximum atomic E-state index is 6.97. The highest BCUT2D eigenvalue weighted by atomic mass is 35.5. The Kier molecular flexibility index (Phi) is 7.13. The number of fused-ring (bicyclic) bond motifs is 2. The molecule has 1 fully saturated rings. The monoisotopic (exact) mass is 572 g/mol. The molecule has 0 bridgehead atoms. The van der Waals surface area contributed by atoms with Gasteiger partial charge in [0, 0.05) is 48.2 Å². The highest BCUT2D eigenvalue weighted by Crippen LogP contribution is 2.51. The van der Waals surface area contributed by atoms with Crippen LogP contribution in [0.2, 0.25) is 5.02 Å². The van der Waals surface area contributed by atoms with E-state index in [4.69, 9.17) is 28.1 Å². The quantitative estimate of drug-likeness (QED) is 0.343. The van der Waals surface area contributed by atoms with Crippen molar-refractivity contribution in [3.05, 3.63) is 70.3 Å². The van der Waals surface area contributed by atoms with Crippen molar-refractivity contribution in [3.63, 3.8) is 0 Å². The molecule has 10 heteroatoms. The minimum absolute atomic E-state index is 0.0135. The standard InChI is InChI=1S/C30H33ClN8S/c1-19-25(40-23-8-11-34-27(33)24(23)31)28-35-12-16-39(28)29(36-19)38-14-9-30(10-15-38)18-21-7-6-20(5-4-13-37(2)3)17-22(21)26(30)32/h6-8,11-12,16-17,26H,9-10,13-15,18,32H2,1-3H3,(H2,33,34)/t26-/m1/s1. The van der Waals surface area contributed by atoms with Gasteiger partial charge in [0.15, 0.2) is 5.65 Å². The summed E-state index contributed by atoms with van der Waals surface area (Å²) in [5.74, 6) is 7.77. The van der Waals surface area contributed by atoms with Gasteiger partial charge in [0.2, 0.25) is 5.95 Å². The van der Waals surface area contributed by atoms with Gasteiger partial charge in [-0.15, -0.1) is 0 Å². The fourth-order valence-electron chi connectivity index (χ4n) is 5.90. The van der Waals surface area contributed by atoms with Crippen LogP contribution in [0.1, 0.15) is 41.3 Å². The van der Waals surface area contributed by atoms with E-state index in [0.29, 0.717) is 10.8 Å². The Hall–Kier alpha value is -3.29. The third kappa shape index (κ3) is 4.79. The molecule has 1 atom stereocenters. The van der Waals surface area contributed by atoms with Crippen LogP contribution < -0.4 is 16.4 Å². The predicted molar refractivity (Wildman–Crippen MR) is 162 cm³/mol. The first-order chi connectivity index (χ1) is 19.3. The molecule has 1 aliphatic carbocycles. The SMILES string of the molecule is Cc1nc(N2CCC3(CC2)Cc2ccc(C#CCN(C)C)cc2[C@H]3N)n2ccnc2c1Sc1ccnc(N)c1Cl. The van der Waals surface area contributed by atoms with Crippen LogP contribution in [0.5, 0.6) is 0 Å². The maximum Gasteiger partial charge on any atom is 0.211 e. The number of aromatic nitrogens is 4. The predicted octanol–water partition coefficient (Wildman–Crippen LogP) is 4.58. The van der Waals surface area contributed by atoms with Crippen LogP contribution >= 0.6 is 23.4 Å². The van der Waals surface area contributed by atoms with Crippen molar-refractivity contribution in [2.45, 2.75) is 42.0 Å². The van der Waals surface area contributed by atoms with E-state index < -0.39 is 0 Å². The summed E-state index contributed by atoms with van der Waals surface area (Å²) >= 11 is 7.95. The van der Waals surface area contributed by atoms with Crippen molar-refractivity contribution >= 4 is 40.8 Å². The van der Waals surface area contributed by atoms with Crippen molar-refractivity contribution in [1.82, 2.24) is 24.3 Å². The van der Waals surface area contributed by atoms with E-state index in [0.717, 1.165) is 71.5 Å². The van der Waals surface area contributed by atoms with Crippen LogP contribution in [0.15, 0.2) is 52.6 Å². The summed E-state index contributed by atoms with van der Waals surface area (Å²) in [4.78, 5) is 20.0. The summed E-state index contributed by atoms with van der Waals surface area (Å²) in [6.45, 7) is 4.53. The molecule has 0 radical (unpaired) electrons. The first-order valence-corrected chi connectivity index (χ1v) is 14.6. The summed E-state index contributed by atoms with van der Waals surface area (Å²) in [6, 6.07) is 8.46. The van der Waals surface area contributed by atoms with Gasteiger partial charge < -0.3 is 16.4 Å². The molecule has 2 aliphatic rings. The number of halogens is 1. The molecular weight excluding hydrogens is 540 g/mol. The molecule has 206 valence electrons. The van der Waals surface area contributed by atoms with E-state index >= 15 is 0 Å². The molecule has 6 rings (SSSR count). The molecule has 0 unspecified atom stereocenters. The molecule has 8 nitrogen and oxygen atoms in total. The molecule has 0 saturated carbocycles. The fourth-order valence-corrected chi connectivity index (χ4v) is 7.11. The van der Waals surface area contributed by atoms with E-state index in [1.165, 1.54) is 22.9 Å². The lowest BCUT2D eigenvalue weighted by Gasteiger charge is -2.42. The van der Waals surface area contributed by atoms with Gasteiger partial charge in [-0.2, -0.15) is 0 Å². The zero-order valence-corrected chi connectivity index (χ0v) is 24.6. The van der Waals surface area contributed by atoms with E-state index in [1.54, 1.807) is 6.20 Å². The molecule has 1 aliphatic heterocycles. The van der Waals surface area contributed by atoms with Crippen LogP contribution in [0.3, 0.4) is 0 Å². The average molecular weight is 573 g/mol. The molecule has 3 aromatic heterocycles. The summed E-state index contributed by atoms with van der Waals surface area (Å²) in [5, 5.41) is 0.448. The second-order valence-corrected chi connectivity index (χ2v) is 12.4. The largest absolute Gasteiger partial charge is 0.382 e. The Labute approximate surface area is 244 Å². The minimum Gasteiger partial charge on any atom is -0.382 e. The third-order valence-corrected chi connectivity index (χ3v) is 9.85. The Morgan fingerprint density at radius 3 is 2.75 bits per heavy atom. The van der Waals surface area contributed by atoms with Gasteiger partial charge in [-0.1, -0.05) is 41.3 Å². The van der Waals surface area contributed by atoms with Crippen molar-refractivity contribution in [3.8, 4) is 11.8 Å². The van der Waals surface area contributed by atoms with E-state index in [1.807, 2.05) is 39.5 Å². The Morgan fingerprint density at radius 1 is 1.18 bits per heavy atom. The number of anilines is 2. The minimum atomic E-state index is 0.0135. The molecule has 0 amide bonds. The number of hydrogen-bond acceptors (Lipinski definition) is 8. The molecule has 1 saturated heterocycles. The van der Waals surface area contributed by atoms with Gasteiger partial charge in [0.1, 0.15) is 5.82 Å². The average Bonchev–Trinajstić information content (AvgIpc) is 3.52. The zero-order valence-electron chi connectivity index (χ0n) is 23.0. The molecule has 1 aromatic carbocycles. The molecule has 1 spiro atoms. The van der Waals surface area contributed by atoms with E-state index in [9.17, 15) is 0 Å².